The van der Waals surface area contributed by atoms with Gasteiger partial charge in [0.15, 0.2) is 0 Å². The Balaban J connectivity index is 2.93. The predicted molar refractivity (Wildman–Crippen MR) is 72.0 cm³/mol. The summed E-state index contributed by atoms with van der Waals surface area (Å²) in [6.07, 6.45) is 2.12. The number of aryl methyl sites for hydroxylation is 1. The Labute approximate surface area is 107 Å². The van der Waals surface area contributed by atoms with E-state index in [9.17, 15) is 10.1 Å². The molecule has 0 atom stereocenters. The van der Waals surface area contributed by atoms with Gasteiger partial charge in [0.2, 0.25) is 0 Å². The first-order chi connectivity index (χ1) is 8.60. The molecule has 5 nitrogen and oxygen atoms in total. The zero-order chi connectivity index (χ0) is 13.5. The lowest BCUT2D eigenvalue weighted by Crippen LogP contribution is -2.28. The minimum absolute atomic E-state index is 0.0835. The van der Waals surface area contributed by atoms with Gasteiger partial charge < -0.3 is 10.0 Å². The molecule has 1 N–H and O–H groups in total. The van der Waals surface area contributed by atoms with Crippen molar-refractivity contribution in [2.45, 2.75) is 26.7 Å². The summed E-state index contributed by atoms with van der Waals surface area (Å²) in [6, 6.07) is 4.85. The Hall–Kier alpha value is -1.62. The number of non-ortho nitro benzene ring substituents is 1. The SMILES string of the molecule is CCCCN(CCO)c1ccc([N+](=O)[O-])cc1C. The van der Waals surface area contributed by atoms with E-state index < -0.39 is 0 Å². The third-order valence-corrected chi connectivity index (χ3v) is 2.88. The molecule has 0 spiro atoms. The Morgan fingerprint density at radius 2 is 2.11 bits per heavy atom. The van der Waals surface area contributed by atoms with Gasteiger partial charge >= 0.3 is 0 Å². The van der Waals surface area contributed by atoms with E-state index >= 15 is 0 Å². The van der Waals surface area contributed by atoms with Crippen molar-refractivity contribution in [1.29, 1.82) is 0 Å². The Kier molecular flexibility index (Phi) is 5.58. The number of nitro benzene ring substituents is 1. The summed E-state index contributed by atoms with van der Waals surface area (Å²) in [4.78, 5) is 12.4. The van der Waals surface area contributed by atoms with Gasteiger partial charge in [-0.15, -0.1) is 0 Å². The van der Waals surface area contributed by atoms with Crippen molar-refractivity contribution in [2.75, 3.05) is 24.6 Å². The molecule has 0 radical (unpaired) electrons. The van der Waals surface area contributed by atoms with Gasteiger partial charge in [-0.05, 0) is 25.0 Å². The van der Waals surface area contributed by atoms with Crippen molar-refractivity contribution in [2.24, 2.45) is 0 Å². The molecule has 0 aromatic heterocycles. The standard InChI is InChI=1S/C13H20N2O3/c1-3-4-7-14(8-9-16)13-6-5-12(15(17)18)10-11(13)2/h5-6,10,16H,3-4,7-9H2,1-2H3. The molecule has 1 aromatic carbocycles. The van der Waals surface area contributed by atoms with E-state index in [1.165, 1.54) is 6.07 Å². The lowest BCUT2D eigenvalue weighted by atomic mass is 10.1. The maximum absolute atomic E-state index is 10.7. The van der Waals surface area contributed by atoms with Gasteiger partial charge in [-0.2, -0.15) is 0 Å². The third kappa shape index (κ3) is 3.70. The number of aliphatic hydroxyl groups excluding tert-OH is 1. The maximum atomic E-state index is 10.7. The number of hydrogen-bond acceptors (Lipinski definition) is 4. The van der Waals surface area contributed by atoms with Crippen LogP contribution in [0.4, 0.5) is 11.4 Å². The summed E-state index contributed by atoms with van der Waals surface area (Å²) < 4.78 is 0. The maximum Gasteiger partial charge on any atom is 0.269 e. The van der Waals surface area contributed by atoms with Crippen LogP contribution in [-0.2, 0) is 0 Å². The number of rotatable bonds is 7. The van der Waals surface area contributed by atoms with Crippen molar-refractivity contribution < 1.29 is 10.0 Å². The molecular weight excluding hydrogens is 232 g/mol. The minimum atomic E-state index is -0.390. The van der Waals surface area contributed by atoms with Crippen LogP contribution in [0.5, 0.6) is 0 Å². The summed E-state index contributed by atoms with van der Waals surface area (Å²) in [5.74, 6) is 0. The fourth-order valence-corrected chi connectivity index (χ4v) is 1.93. The van der Waals surface area contributed by atoms with Gasteiger partial charge in [0.1, 0.15) is 0 Å². The van der Waals surface area contributed by atoms with Crippen LogP contribution in [0.3, 0.4) is 0 Å². The van der Waals surface area contributed by atoms with Crippen molar-refractivity contribution in [1.82, 2.24) is 0 Å². The van der Waals surface area contributed by atoms with Gasteiger partial charge in [0, 0.05) is 30.9 Å². The second kappa shape index (κ2) is 6.96. The highest BCUT2D eigenvalue weighted by molar-refractivity contribution is 5.57. The van der Waals surface area contributed by atoms with E-state index in [0.29, 0.717) is 6.54 Å². The monoisotopic (exact) mass is 252 g/mol. The highest BCUT2D eigenvalue weighted by Crippen LogP contribution is 2.24. The number of aliphatic hydroxyl groups is 1. The molecule has 100 valence electrons. The van der Waals surface area contributed by atoms with E-state index in [1.54, 1.807) is 12.1 Å². The molecule has 0 fully saturated rings. The van der Waals surface area contributed by atoms with Gasteiger partial charge in [-0.1, -0.05) is 13.3 Å². The molecule has 0 aliphatic rings. The quantitative estimate of drug-likeness (QED) is 0.598. The summed E-state index contributed by atoms with van der Waals surface area (Å²) >= 11 is 0. The van der Waals surface area contributed by atoms with Crippen LogP contribution in [0.1, 0.15) is 25.3 Å². The fourth-order valence-electron chi connectivity index (χ4n) is 1.93. The summed E-state index contributed by atoms with van der Waals surface area (Å²) in [7, 11) is 0. The highest BCUT2D eigenvalue weighted by atomic mass is 16.6. The predicted octanol–water partition coefficient (Wildman–Crippen LogP) is 2.50. The van der Waals surface area contributed by atoms with Crippen LogP contribution < -0.4 is 4.90 Å². The molecule has 0 bridgehead atoms. The van der Waals surface area contributed by atoms with Gasteiger partial charge in [-0.25, -0.2) is 0 Å². The van der Waals surface area contributed by atoms with Crippen LogP contribution in [0.15, 0.2) is 18.2 Å². The topological polar surface area (TPSA) is 66.6 Å². The molecule has 0 saturated heterocycles. The number of nitro groups is 1. The number of anilines is 1. The number of unbranched alkanes of at least 4 members (excludes halogenated alkanes) is 1. The molecule has 0 saturated carbocycles. The third-order valence-electron chi connectivity index (χ3n) is 2.88. The van der Waals surface area contributed by atoms with Crippen molar-refractivity contribution in [3.05, 3.63) is 33.9 Å². The van der Waals surface area contributed by atoms with Crippen molar-refractivity contribution in [3.63, 3.8) is 0 Å². The highest BCUT2D eigenvalue weighted by Gasteiger charge is 2.12. The average molecular weight is 252 g/mol. The van der Waals surface area contributed by atoms with E-state index in [-0.39, 0.29) is 17.2 Å². The van der Waals surface area contributed by atoms with E-state index in [2.05, 4.69) is 11.8 Å². The van der Waals surface area contributed by atoms with E-state index in [4.69, 9.17) is 5.11 Å². The zero-order valence-corrected chi connectivity index (χ0v) is 10.9. The molecule has 0 aliphatic heterocycles. The van der Waals surface area contributed by atoms with Crippen molar-refractivity contribution in [3.8, 4) is 0 Å². The number of benzene rings is 1. The molecule has 18 heavy (non-hydrogen) atoms. The van der Waals surface area contributed by atoms with Crippen LogP contribution in [0.2, 0.25) is 0 Å². The largest absolute Gasteiger partial charge is 0.395 e. The first-order valence-corrected chi connectivity index (χ1v) is 6.21. The first-order valence-electron chi connectivity index (χ1n) is 6.21. The summed E-state index contributed by atoms with van der Waals surface area (Å²) in [5.41, 5.74) is 1.94. The fraction of sp³-hybridized carbons (Fsp3) is 0.538. The molecule has 0 aliphatic carbocycles. The summed E-state index contributed by atoms with van der Waals surface area (Å²) in [6.45, 7) is 5.47. The molecule has 0 heterocycles. The van der Waals surface area contributed by atoms with Gasteiger partial charge in [0.05, 0.1) is 11.5 Å². The van der Waals surface area contributed by atoms with Crippen LogP contribution in [-0.4, -0.2) is 29.7 Å². The molecule has 0 amide bonds. The Bertz CT molecular complexity index is 407. The van der Waals surface area contributed by atoms with Gasteiger partial charge in [0.25, 0.3) is 5.69 Å². The van der Waals surface area contributed by atoms with Crippen LogP contribution in [0.25, 0.3) is 0 Å². The zero-order valence-electron chi connectivity index (χ0n) is 10.9. The lowest BCUT2D eigenvalue weighted by Gasteiger charge is -2.25. The molecule has 5 heteroatoms. The molecule has 0 unspecified atom stereocenters. The lowest BCUT2D eigenvalue weighted by molar-refractivity contribution is -0.384. The van der Waals surface area contributed by atoms with Crippen LogP contribution in [0, 0.1) is 17.0 Å². The second-order valence-electron chi connectivity index (χ2n) is 4.29. The Morgan fingerprint density at radius 3 is 2.61 bits per heavy atom. The Morgan fingerprint density at radius 1 is 1.39 bits per heavy atom. The van der Waals surface area contributed by atoms with E-state index in [0.717, 1.165) is 30.6 Å². The molecule has 1 aromatic rings. The minimum Gasteiger partial charge on any atom is -0.395 e. The average Bonchev–Trinajstić information content (AvgIpc) is 2.34. The second-order valence-corrected chi connectivity index (χ2v) is 4.29. The van der Waals surface area contributed by atoms with Crippen LogP contribution >= 0.6 is 0 Å². The number of nitrogens with zero attached hydrogens (tertiary/aromatic N) is 2. The van der Waals surface area contributed by atoms with E-state index in [1.807, 2.05) is 6.92 Å². The molecular formula is C13H20N2O3. The smallest absolute Gasteiger partial charge is 0.269 e. The normalized spacial score (nSPS) is 10.4. The summed E-state index contributed by atoms with van der Waals surface area (Å²) in [5, 5.41) is 19.8. The molecule has 1 rings (SSSR count). The number of hydrogen-bond donors (Lipinski definition) is 1. The van der Waals surface area contributed by atoms with Crippen molar-refractivity contribution >= 4 is 11.4 Å². The van der Waals surface area contributed by atoms with Gasteiger partial charge in [-0.3, -0.25) is 10.1 Å². The first kappa shape index (κ1) is 14.4.